The standard InChI is InChI=1S/C12H20N2O3S2/c1-12(2)7-9(3-5-17-12)14-19(15,16)11-4-6-18-10(11)8-13/h4,6,9,14H,3,5,7-8,13H2,1-2H3. The highest BCUT2D eigenvalue weighted by Crippen LogP contribution is 2.27. The summed E-state index contributed by atoms with van der Waals surface area (Å²) in [6, 6.07) is 1.53. The van der Waals surface area contributed by atoms with E-state index in [-0.39, 0.29) is 18.2 Å². The summed E-state index contributed by atoms with van der Waals surface area (Å²) in [5.41, 5.74) is 5.29. The van der Waals surface area contributed by atoms with E-state index in [1.807, 2.05) is 13.8 Å². The molecule has 1 saturated heterocycles. The molecule has 1 atom stereocenters. The molecule has 0 saturated carbocycles. The van der Waals surface area contributed by atoms with Crippen LogP contribution >= 0.6 is 11.3 Å². The second kappa shape index (κ2) is 5.49. The normalized spacial score (nSPS) is 23.4. The predicted molar refractivity (Wildman–Crippen MR) is 75.6 cm³/mol. The third-order valence-electron chi connectivity index (χ3n) is 3.20. The third kappa shape index (κ3) is 3.55. The van der Waals surface area contributed by atoms with Crippen LogP contribution in [0.5, 0.6) is 0 Å². The number of ether oxygens (including phenoxy) is 1. The summed E-state index contributed by atoms with van der Waals surface area (Å²) in [4.78, 5) is 1.00. The molecule has 0 aliphatic carbocycles. The van der Waals surface area contributed by atoms with Gasteiger partial charge in [-0.15, -0.1) is 11.3 Å². The first-order valence-corrected chi connectivity index (χ1v) is 8.63. The Morgan fingerprint density at radius 2 is 2.32 bits per heavy atom. The Kier molecular flexibility index (Phi) is 4.32. The van der Waals surface area contributed by atoms with E-state index < -0.39 is 10.0 Å². The van der Waals surface area contributed by atoms with E-state index in [1.165, 1.54) is 11.3 Å². The van der Waals surface area contributed by atoms with Crippen molar-refractivity contribution < 1.29 is 13.2 Å². The number of rotatable bonds is 4. The summed E-state index contributed by atoms with van der Waals surface area (Å²) >= 11 is 1.37. The fraction of sp³-hybridized carbons (Fsp3) is 0.667. The molecule has 1 aromatic rings. The van der Waals surface area contributed by atoms with E-state index in [0.29, 0.717) is 29.2 Å². The lowest BCUT2D eigenvalue weighted by atomic mass is 9.95. The van der Waals surface area contributed by atoms with Crippen molar-refractivity contribution in [1.29, 1.82) is 0 Å². The van der Waals surface area contributed by atoms with E-state index in [9.17, 15) is 8.42 Å². The third-order valence-corrected chi connectivity index (χ3v) is 5.88. The van der Waals surface area contributed by atoms with Crippen LogP contribution in [0, 0.1) is 0 Å². The maximum Gasteiger partial charge on any atom is 0.241 e. The molecule has 19 heavy (non-hydrogen) atoms. The van der Waals surface area contributed by atoms with Crippen molar-refractivity contribution in [3.63, 3.8) is 0 Å². The molecule has 2 rings (SSSR count). The van der Waals surface area contributed by atoms with E-state index in [1.54, 1.807) is 11.4 Å². The number of sulfonamides is 1. The predicted octanol–water partition coefficient (Wildman–Crippen LogP) is 1.44. The van der Waals surface area contributed by atoms with Gasteiger partial charge in [-0.3, -0.25) is 0 Å². The van der Waals surface area contributed by atoms with Crippen molar-refractivity contribution in [2.24, 2.45) is 5.73 Å². The highest BCUT2D eigenvalue weighted by Gasteiger charge is 2.32. The Bertz CT molecular complexity index is 537. The average molecular weight is 304 g/mol. The molecule has 108 valence electrons. The van der Waals surface area contributed by atoms with Crippen LogP contribution in [0.25, 0.3) is 0 Å². The minimum Gasteiger partial charge on any atom is -0.375 e. The molecule has 1 aromatic heterocycles. The van der Waals surface area contributed by atoms with Gasteiger partial charge in [0.15, 0.2) is 0 Å². The highest BCUT2D eigenvalue weighted by atomic mass is 32.2. The van der Waals surface area contributed by atoms with Gasteiger partial charge in [0.2, 0.25) is 10.0 Å². The maximum absolute atomic E-state index is 12.4. The van der Waals surface area contributed by atoms with Crippen molar-refractivity contribution in [3.8, 4) is 0 Å². The molecule has 0 spiro atoms. The topological polar surface area (TPSA) is 81.4 Å². The number of nitrogens with two attached hydrogens (primary N) is 1. The monoisotopic (exact) mass is 304 g/mol. The minimum atomic E-state index is -3.48. The highest BCUT2D eigenvalue weighted by molar-refractivity contribution is 7.89. The van der Waals surface area contributed by atoms with Crippen molar-refractivity contribution in [2.75, 3.05) is 6.61 Å². The molecule has 0 radical (unpaired) electrons. The van der Waals surface area contributed by atoms with Gasteiger partial charge in [0, 0.05) is 24.1 Å². The van der Waals surface area contributed by atoms with Gasteiger partial charge in [0.05, 0.1) is 10.5 Å². The lowest BCUT2D eigenvalue weighted by Gasteiger charge is -2.35. The number of nitrogens with one attached hydrogen (secondary N) is 1. The van der Waals surface area contributed by atoms with Crippen molar-refractivity contribution >= 4 is 21.4 Å². The van der Waals surface area contributed by atoms with Crippen LogP contribution in [0.2, 0.25) is 0 Å². The van der Waals surface area contributed by atoms with Crippen LogP contribution in [-0.2, 0) is 21.3 Å². The molecule has 2 heterocycles. The van der Waals surface area contributed by atoms with Crippen molar-refractivity contribution in [1.82, 2.24) is 4.72 Å². The molecule has 0 amide bonds. The zero-order valence-corrected chi connectivity index (χ0v) is 12.8. The molecule has 7 heteroatoms. The van der Waals surface area contributed by atoms with Crippen LogP contribution in [0.3, 0.4) is 0 Å². The summed E-state index contributed by atoms with van der Waals surface area (Å²) < 4.78 is 33.1. The van der Waals surface area contributed by atoms with Gasteiger partial charge in [0.25, 0.3) is 0 Å². The van der Waals surface area contributed by atoms with Crippen molar-refractivity contribution in [3.05, 3.63) is 16.3 Å². The Morgan fingerprint density at radius 1 is 1.58 bits per heavy atom. The zero-order valence-electron chi connectivity index (χ0n) is 11.2. The maximum atomic E-state index is 12.4. The summed E-state index contributed by atoms with van der Waals surface area (Å²) in [5.74, 6) is 0. The lowest BCUT2D eigenvalue weighted by Crippen LogP contribution is -2.45. The summed E-state index contributed by atoms with van der Waals surface area (Å²) in [6.45, 7) is 4.77. The van der Waals surface area contributed by atoms with Crippen LogP contribution in [0.15, 0.2) is 16.3 Å². The number of hydrogen-bond acceptors (Lipinski definition) is 5. The van der Waals surface area contributed by atoms with Crippen LogP contribution in [-0.4, -0.2) is 26.7 Å². The molecule has 1 fully saturated rings. The SMILES string of the molecule is CC1(C)CC(NS(=O)(=O)c2ccsc2CN)CCO1. The lowest BCUT2D eigenvalue weighted by molar-refractivity contribution is -0.0599. The molecule has 1 aliphatic rings. The Morgan fingerprint density at radius 3 is 2.95 bits per heavy atom. The molecule has 1 unspecified atom stereocenters. The average Bonchev–Trinajstić information content (AvgIpc) is 2.75. The van der Waals surface area contributed by atoms with Gasteiger partial charge in [0.1, 0.15) is 0 Å². The Labute approximate surface area is 118 Å². The van der Waals surface area contributed by atoms with Gasteiger partial charge >= 0.3 is 0 Å². The molecule has 3 N–H and O–H groups in total. The van der Waals surface area contributed by atoms with E-state index >= 15 is 0 Å². The quantitative estimate of drug-likeness (QED) is 0.882. The Hall–Kier alpha value is -0.470. The second-order valence-corrected chi connectivity index (χ2v) is 8.01. The first-order chi connectivity index (χ1) is 8.84. The molecular weight excluding hydrogens is 284 g/mol. The largest absolute Gasteiger partial charge is 0.375 e. The van der Waals surface area contributed by atoms with Gasteiger partial charge in [-0.25, -0.2) is 13.1 Å². The van der Waals surface area contributed by atoms with E-state index in [0.717, 1.165) is 0 Å². The van der Waals surface area contributed by atoms with E-state index in [2.05, 4.69) is 4.72 Å². The number of hydrogen-bond donors (Lipinski definition) is 2. The molecule has 0 bridgehead atoms. The van der Waals surface area contributed by atoms with Crippen LogP contribution in [0.4, 0.5) is 0 Å². The summed E-state index contributed by atoms with van der Waals surface area (Å²) in [5, 5.41) is 1.75. The Balaban J connectivity index is 2.14. The molecule has 5 nitrogen and oxygen atoms in total. The van der Waals surface area contributed by atoms with Crippen LogP contribution < -0.4 is 10.5 Å². The smallest absolute Gasteiger partial charge is 0.241 e. The van der Waals surface area contributed by atoms with E-state index in [4.69, 9.17) is 10.5 Å². The van der Waals surface area contributed by atoms with Gasteiger partial charge in [-0.1, -0.05) is 0 Å². The molecule has 0 aromatic carbocycles. The second-order valence-electron chi connectivity index (χ2n) is 5.33. The number of thiophene rings is 1. The summed E-state index contributed by atoms with van der Waals surface area (Å²) in [6.07, 6.45) is 1.37. The summed E-state index contributed by atoms with van der Waals surface area (Å²) in [7, 11) is -3.48. The van der Waals surface area contributed by atoms with Gasteiger partial charge in [-0.05, 0) is 38.1 Å². The molecule has 1 aliphatic heterocycles. The first-order valence-electron chi connectivity index (χ1n) is 6.27. The van der Waals surface area contributed by atoms with Crippen molar-refractivity contribution in [2.45, 2.75) is 49.8 Å². The first kappa shape index (κ1) is 14.9. The van der Waals surface area contributed by atoms with Crippen LogP contribution in [0.1, 0.15) is 31.6 Å². The zero-order chi connectivity index (χ0) is 14.1. The minimum absolute atomic E-state index is 0.0840. The van der Waals surface area contributed by atoms with Gasteiger partial charge in [-0.2, -0.15) is 0 Å². The fourth-order valence-electron chi connectivity index (χ4n) is 2.33. The fourth-order valence-corrected chi connectivity index (χ4v) is 4.94. The van der Waals surface area contributed by atoms with Gasteiger partial charge < -0.3 is 10.5 Å². The molecular formula is C12H20N2O3S2.